The fraction of sp³-hybridized carbons (Fsp3) is 0.545. The van der Waals surface area contributed by atoms with Gasteiger partial charge in [-0.2, -0.15) is 18.3 Å². The zero-order valence-corrected chi connectivity index (χ0v) is 11.4. The highest BCUT2D eigenvalue weighted by Crippen LogP contribution is 2.29. The van der Waals surface area contributed by atoms with E-state index in [2.05, 4.69) is 10.4 Å². The first-order valence-corrected chi connectivity index (χ1v) is 6.14. The fourth-order valence-corrected chi connectivity index (χ4v) is 1.67. The Bertz CT molecular complexity index is 500. The Morgan fingerprint density at radius 1 is 1.45 bits per heavy atom. The monoisotopic (exact) mass is 311 g/mol. The molecule has 0 bridgehead atoms. The second-order valence-corrected chi connectivity index (χ2v) is 4.56. The molecule has 1 N–H and O–H groups in total. The molecule has 1 aromatic rings. The second-order valence-electron chi connectivity index (χ2n) is 4.13. The summed E-state index contributed by atoms with van der Waals surface area (Å²) in [7, 11) is 0. The number of amides is 1. The maximum atomic E-state index is 12.7. The van der Waals surface area contributed by atoms with Crippen molar-refractivity contribution in [2.45, 2.75) is 32.5 Å². The highest BCUT2D eigenvalue weighted by atomic mass is 35.5. The molecule has 112 valence electrons. The van der Waals surface area contributed by atoms with E-state index in [4.69, 9.17) is 11.6 Å². The molecule has 0 atom stereocenters. The summed E-state index contributed by atoms with van der Waals surface area (Å²) < 4.78 is 38.6. The van der Waals surface area contributed by atoms with Crippen molar-refractivity contribution in [1.82, 2.24) is 15.1 Å². The van der Waals surface area contributed by atoms with Gasteiger partial charge in [0, 0.05) is 13.0 Å². The van der Waals surface area contributed by atoms with Gasteiger partial charge >= 0.3 is 6.18 Å². The van der Waals surface area contributed by atoms with Crippen LogP contribution in [0, 0.1) is 6.92 Å². The number of halogens is 4. The number of hydrogen-bond donors (Lipinski definition) is 1. The summed E-state index contributed by atoms with van der Waals surface area (Å²) >= 11 is 5.11. The maximum absolute atomic E-state index is 12.7. The third-order valence-corrected chi connectivity index (χ3v) is 2.55. The van der Waals surface area contributed by atoms with Crippen molar-refractivity contribution in [3.05, 3.63) is 17.5 Å². The van der Waals surface area contributed by atoms with E-state index in [1.54, 1.807) is 0 Å². The standard InChI is InChI=1S/C11H13ClF3N3O2/c1-7-5-8(11(13,14)15)18(17-7)6-10(20)16-4-2-3-9(12)19/h5H,2-4,6H2,1H3,(H,16,20). The van der Waals surface area contributed by atoms with Crippen LogP contribution in [0.2, 0.25) is 0 Å². The van der Waals surface area contributed by atoms with Crippen molar-refractivity contribution >= 4 is 22.8 Å². The van der Waals surface area contributed by atoms with Crippen molar-refractivity contribution in [2.24, 2.45) is 0 Å². The predicted molar refractivity (Wildman–Crippen MR) is 65.1 cm³/mol. The van der Waals surface area contributed by atoms with Gasteiger partial charge < -0.3 is 5.32 Å². The van der Waals surface area contributed by atoms with Crippen molar-refractivity contribution in [3.8, 4) is 0 Å². The van der Waals surface area contributed by atoms with Crippen molar-refractivity contribution in [2.75, 3.05) is 6.54 Å². The summed E-state index contributed by atoms with van der Waals surface area (Å²) in [5.74, 6) is -0.611. The van der Waals surface area contributed by atoms with Crippen molar-refractivity contribution in [1.29, 1.82) is 0 Å². The van der Waals surface area contributed by atoms with Gasteiger partial charge in [-0.3, -0.25) is 14.3 Å². The molecule has 0 unspecified atom stereocenters. The van der Waals surface area contributed by atoms with Crippen LogP contribution in [0.15, 0.2) is 6.07 Å². The SMILES string of the molecule is Cc1cc(C(F)(F)F)n(CC(=O)NCCCC(=O)Cl)n1. The molecule has 0 radical (unpaired) electrons. The molecule has 0 spiro atoms. The van der Waals surface area contributed by atoms with Crippen LogP contribution in [0.4, 0.5) is 13.2 Å². The Labute approximate surface area is 118 Å². The molecule has 1 aromatic heterocycles. The van der Waals surface area contributed by atoms with Crippen LogP contribution in [0.25, 0.3) is 0 Å². The average Bonchev–Trinajstić information content (AvgIpc) is 2.65. The Hall–Kier alpha value is -1.57. The molecular weight excluding hydrogens is 299 g/mol. The highest BCUT2D eigenvalue weighted by molar-refractivity contribution is 6.63. The number of nitrogens with one attached hydrogen (secondary N) is 1. The van der Waals surface area contributed by atoms with Crippen LogP contribution in [0.1, 0.15) is 24.2 Å². The Morgan fingerprint density at radius 3 is 2.65 bits per heavy atom. The van der Waals surface area contributed by atoms with E-state index in [0.29, 0.717) is 11.1 Å². The van der Waals surface area contributed by atoms with Crippen LogP contribution in [0.3, 0.4) is 0 Å². The van der Waals surface area contributed by atoms with Gasteiger partial charge in [0.25, 0.3) is 0 Å². The summed E-state index contributed by atoms with van der Waals surface area (Å²) in [4.78, 5) is 21.9. The Balaban J connectivity index is 2.56. The van der Waals surface area contributed by atoms with Gasteiger partial charge in [-0.15, -0.1) is 0 Å². The first-order valence-electron chi connectivity index (χ1n) is 5.77. The Morgan fingerprint density at radius 2 is 2.10 bits per heavy atom. The minimum absolute atomic E-state index is 0.0938. The van der Waals surface area contributed by atoms with Gasteiger partial charge in [0.15, 0.2) is 0 Å². The van der Waals surface area contributed by atoms with E-state index < -0.39 is 29.6 Å². The number of alkyl halides is 3. The summed E-state index contributed by atoms with van der Waals surface area (Å²) in [6.07, 6.45) is -4.14. The fourth-order valence-electron chi connectivity index (χ4n) is 1.54. The van der Waals surface area contributed by atoms with Gasteiger partial charge in [0.1, 0.15) is 12.2 Å². The first-order chi connectivity index (χ1) is 9.20. The third-order valence-electron chi connectivity index (χ3n) is 2.36. The van der Waals surface area contributed by atoms with Crippen LogP contribution in [-0.2, 0) is 22.3 Å². The first kappa shape index (κ1) is 16.5. The lowest BCUT2D eigenvalue weighted by atomic mass is 10.3. The smallest absolute Gasteiger partial charge is 0.354 e. The number of carbonyl (C=O) groups is 2. The molecule has 0 aromatic carbocycles. The van der Waals surface area contributed by atoms with Crippen LogP contribution in [-0.4, -0.2) is 27.5 Å². The molecule has 0 aliphatic carbocycles. The molecular formula is C11H13ClF3N3O2. The van der Waals surface area contributed by atoms with E-state index in [0.717, 1.165) is 6.07 Å². The molecule has 9 heteroatoms. The van der Waals surface area contributed by atoms with Gasteiger partial charge in [-0.25, -0.2) is 0 Å². The maximum Gasteiger partial charge on any atom is 0.433 e. The van der Waals surface area contributed by atoms with Gasteiger partial charge in [0.2, 0.25) is 11.1 Å². The zero-order chi connectivity index (χ0) is 15.3. The van der Waals surface area contributed by atoms with E-state index in [-0.39, 0.29) is 18.7 Å². The highest BCUT2D eigenvalue weighted by Gasteiger charge is 2.35. The molecule has 0 fully saturated rings. The van der Waals surface area contributed by atoms with E-state index in [1.807, 2.05) is 0 Å². The third kappa shape index (κ3) is 5.20. The summed E-state index contributed by atoms with van der Waals surface area (Å²) in [5, 5.41) is 5.50. The number of aryl methyl sites for hydroxylation is 1. The quantitative estimate of drug-likeness (QED) is 0.644. The van der Waals surface area contributed by atoms with Gasteiger partial charge in [-0.05, 0) is 31.0 Å². The Kier molecular flexibility index (Phi) is 5.55. The molecule has 0 aliphatic heterocycles. The normalized spacial score (nSPS) is 11.4. The van der Waals surface area contributed by atoms with Gasteiger partial charge in [0.05, 0.1) is 5.69 Å². The lowest BCUT2D eigenvalue weighted by molar-refractivity contribution is -0.144. The molecule has 1 heterocycles. The van der Waals surface area contributed by atoms with Crippen LogP contribution in [0.5, 0.6) is 0 Å². The van der Waals surface area contributed by atoms with Crippen LogP contribution >= 0.6 is 11.6 Å². The summed E-state index contributed by atoms with van der Waals surface area (Å²) in [6, 6.07) is 0.874. The minimum atomic E-state index is -4.56. The minimum Gasteiger partial charge on any atom is -0.354 e. The number of carbonyl (C=O) groups excluding carboxylic acids is 2. The lowest BCUT2D eigenvalue weighted by Crippen LogP contribution is -2.30. The molecule has 0 saturated heterocycles. The van der Waals surface area contributed by atoms with E-state index >= 15 is 0 Å². The van der Waals surface area contributed by atoms with Gasteiger partial charge in [-0.1, -0.05) is 0 Å². The summed E-state index contributed by atoms with van der Waals surface area (Å²) in [6.45, 7) is 1.05. The lowest BCUT2D eigenvalue weighted by Gasteiger charge is -2.10. The number of nitrogens with zero attached hydrogens (tertiary/aromatic N) is 2. The number of rotatable bonds is 6. The molecule has 0 saturated carbocycles. The molecule has 5 nitrogen and oxygen atoms in total. The zero-order valence-electron chi connectivity index (χ0n) is 10.6. The molecule has 20 heavy (non-hydrogen) atoms. The topological polar surface area (TPSA) is 64.0 Å². The predicted octanol–water partition coefficient (Wildman–Crippen LogP) is 1.87. The molecule has 0 aliphatic rings. The van der Waals surface area contributed by atoms with Crippen molar-refractivity contribution < 1.29 is 22.8 Å². The average molecular weight is 312 g/mol. The van der Waals surface area contributed by atoms with E-state index in [9.17, 15) is 22.8 Å². The number of aromatic nitrogens is 2. The van der Waals surface area contributed by atoms with Crippen molar-refractivity contribution in [3.63, 3.8) is 0 Å². The van der Waals surface area contributed by atoms with Crippen LogP contribution < -0.4 is 5.32 Å². The largest absolute Gasteiger partial charge is 0.433 e. The van der Waals surface area contributed by atoms with E-state index in [1.165, 1.54) is 6.92 Å². The molecule has 1 rings (SSSR count). The molecule has 1 amide bonds. The number of hydrogen-bond acceptors (Lipinski definition) is 3. The summed E-state index contributed by atoms with van der Waals surface area (Å²) in [5.41, 5.74) is -0.793. The second kappa shape index (κ2) is 6.74.